The zero-order valence-corrected chi connectivity index (χ0v) is 19.1. The minimum Gasteiger partial charge on any atom is -0.497 e. The number of aryl methyl sites for hydroxylation is 1. The largest absolute Gasteiger partial charge is 0.497 e. The Labute approximate surface area is 199 Å². The zero-order chi connectivity index (χ0) is 24.7. The van der Waals surface area contributed by atoms with Gasteiger partial charge in [-0.1, -0.05) is 30.3 Å². The van der Waals surface area contributed by atoms with Crippen LogP contribution in [0, 0.1) is 6.92 Å². The maximum Gasteiger partial charge on any atom is 0.416 e. The first kappa shape index (κ1) is 23.0. The number of alkyl halides is 3. The van der Waals surface area contributed by atoms with Crippen LogP contribution in [0.2, 0.25) is 0 Å². The number of ether oxygens (including phenoxy) is 2. The molecule has 0 saturated heterocycles. The third kappa shape index (κ3) is 4.49. The highest BCUT2D eigenvalue weighted by Crippen LogP contribution is 2.39. The number of benzene rings is 3. The molecule has 4 aromatic rings. The summed E-state index contributed by atoms with van der Waals surface area (Å²) in [6.45, 7) is 2.82. The highest BCUT2D eigenvalue weighted by Gasteiger charge is 2.31. The monoisotopic (exact) mass is 481 g/mol. The summed E-state index contributed by atoms with van der Waals surface area (Å²) >= 11 is 0. The molecule has 0 spiro atoms. The van der Waals surface area contributed by atoms with E-state index in [0.717, 1.165) is 34.2 Å². The fraction of sp³-hybridized carbons (Fsp3) is 0.222. The number of halogens is 3. The van der Waals surface area contributed by atoms with E-state index in [1.165, 1.54) is 12.1 Å². The van der Waals surface area contributed by atoms with Crippen molar-refractivity contribution >= 4 is 11.0 Å². The molecule has 0 radical (unpaired) electrons. The lowest BCUT2D eigenvalue weighted by atomic mass is 9.96. The van der Waals surface area contributed by atoms with E-state index in [9.17, 15) is 18.0 Å². The molecule has 0 unspecified atom stereocenters. The summed E-state index contributed by atoms with van der Waals surface area (Å²) in [5, 5.41) is 0.760. The number of hydrogen-bond acceptors (Lipinski definition) is 5. The molecule has 1 aliphatic heterocycles. The van der Waals surface area contributed by atoms with Gasteiger partial charge in [0.2, 0.25) is 0 Å². The molecule has 2 heterocycles. The summed E-state index contributed by atoms with van der Waals surface area (Å²) in [6.07, 6.45) is -4.39. The number of fused-ring (bicyclic) bond motifs is 2. The van der Waals surface area contributed by atoms with E-state index in [4.69, 9.17) is 13.9 Å². The van der Waals surface area contributed by atoms with Crippen LogP contribution in [0.15, 0.2) is 69.9 Å². The van der Waals surface area contributed by atoms with Gasteiger partial charge in [-0.25, -0.2) is 4.79 Å². The molecule has 8 heteroatoms. The molecule has 0 fully saturated rings. The first-order valence-electron chi connectivity index (χ1n) is 11.0. The standard InChI is InChI=1S/C27H22F3NO4/c1-16-25-19(14-31(15-34-25)13-17-4-3-5-20(10-17)27(28,29)30)11-23-22(12-24(32)35-26(16)23)18-6-8-21(33-2)9-7-18/h3-12H,13-15H2,1-2H3. The van der Waals surface area contributed by atoms with E-state index >= 15 is 0 Å². The van der Waals surface area contributed by atoms with Gasteiger partial charge in [-0.3, -0.25) is 4.90 Å². The van der Waals surface area contributed by atoms with Gasteiger partial charge in [0, 0.05) is 35.7 Å². The maximum absolute atomic E-state index is 13.1. The minimum atomic E-state index is -4.39. The van der Waals surface area contributed by atoms with Crippen molar-refractivity contribution in [3.63, 3.8) is 0 Å². The molecule has 5 rings (SSSR count). The average Bonchev–Trinajstić information content (AvgIpc) is 2.84. The van der Waals surface area contributed by atoms with Crippen LogP contribution in [0.1, 0.15) is 22.3 Å². The third-order valence-corrected chi connectivity index (χ3v) is 6.14. The molecule has 35 heavy (non-hydrogen) atoms. The summed E-state index contributed by atoms with van der Waals surface area (Å²) in [5.41, 5.74) is 3.01. The van der Waals surface area contributed by atoms with Gasteiger partial charge < -0.3 is 13.9 Å². The topological polar surface area (TPSA) is 51.9 Å². The van der Waals surface area contributed by atoms with Gasteiger partial charge in [-0.05, 0) is 47.9 Å². The van der Waals surface area contributed by atoms with Crippen molar-refractivity contribution in [1.82, 2.24) is 4.90 Å². The Hall–Kier alpha value is -3.78. The molecule has 180 valence electrons. The molecule has 0 atom stereocenters. The maximum atomic E-state index is 13.1. The van der Waals surface area contributed by atoms with Gasteiger partial charge in [-0.15, -0.1) is 0 Å². The van der Waals surface area contributed by atoms with Crippen LogP contribution in [0.5, 0.6) is 11.5 Å². The van der Waals surface area contributed by atoms with Crippen LogP contribution in [0.25, 0.3) is 22.1 Å². The number of rotatable bonds is 4. The van der Waals surface area contributed by atoms with Crippen molar-refractivity contribution in [3.8, 4) is 22.6 Å². The smallest absolute Gasteiger partial charge is 0.416 e. The van der Waals surface area contributed by atoms with Crippen molar-refractivity contribution in [1.29, 1.82) is 0 Å². The van der Waals surface area contributed by atoms with Crippen LogP contribution in [-0.2, 0) is 19.3 Å². The van der Waals surface area contributed by atoms with Gasteiger partial charge in [-0.2, -0.15) is 13.2 Å². The molecule has 0 saturated carbocycles. The summed E-state index contributed by atoms with van der Waals surface area (Å²) in [5.74, 6) is 1.33. The number of hydrogen-bond donors (Lipinski definition) is 0. The number of nitrogens with zero attached hydrogens (tertiary/aromatic N) is 1. The normalized spacial score (nSPS) is 14.0. The van der Waals surface area contributed by atoms with Crippen LogP contribution in [0.3, 0.4) is 0 Å². The molecule has 0 aliphatic carbocycles. The fourth-order valence-corrected chi connectivity index (χ4v) is 4.48. The Morgan fingerprint density at radius 1 is 1.06 bits per heavy atom. The Balaban J connectivity index is 1.52. The Bertz CT molecular complexity index is 1460. The SMILES string of the molecule is COc1ccc(-c2cc(=O)oc3c(C)c4c(cc23)CN(Cc2cccc(C(F)(F)F)c2)CO4)cc1. The number of methoxy groups -OCH3 is 1. The zero-order valence-electron chi connectivity index (χ0n) is 19.1. The van der Waals surface area contributed by atoms with Gasteiger partial charge in [0.15, 0.2) is 0 Å². The Morgan fingerprint density at radius 3 is 2.54 bits per heavy atom. The fourth-order valence-electron chi connectivity index (χ4n) is 4.48. The van der Waals surface area contributed by atoms with Crippen LogP contribution < -0.4 is 15.1 Å². The summed E-state index contributed by atoms with van der Waals surface area (Å²) in [4.78, 5) is 14.3. The van der Waals surface area contributed by atoms with Crippen molar-refractivity contribution in [2.45, 2.75) is 26.2 Å². The predicted molar refractivity (Wildman–Crippen MR) is 125 cm³/mol. The predicted octanol–water partition coefficient (Wildman–Crippen LogP) is 6.15. The highest BCUT2D eigenvalue weighted by atomic mass is 19.4. The summed E-state index contributed by atoms with van der Waals surface area (Å²) in [7, 11) is 1.59. The van der Waals surface area contributed by atoms with E-state index < -0.39 is 17.4 Å². The molecule has 1 aromatic heterocycles. The van der Waals surface area contributed by atoms with Crippen molar-refractivity contribution in [2.75, 3.05) is 13.8 Å². The van der Waals surface area contributed by atoms with Crippen LogP contribution >= 0.6 is 0 Å². The van der Waals surface area contributed by atoms with Crippen LogP contribution in [-0.4, -0.2) is 18.7 Å². The third-order valence-electron chi connectivity index (χ3n) is 6.14. The van der Waals surface area contributed by atoms with E-state index in [1.807, 2.05) is 42.2 Å². The van der Waals surface area contributed by atoms with Gasteiger partial charge in [0.05, 0.1) is 12.7 Å². The van der Waals surface area contributed by atoms with Gasteiger partial charge in [0.1, 0.15) is 23.8 Å². The van der Waals surface area contributed by atoms with Crippen molar-refractivity contribution in [2.24, 2.45) is 0 Å². The van der Waals surface area contributed by atoms with Crippen LogP contribution in [0.4, 0.5) is 13.2 Å². The first-order chi connectivity index (χ1) is 16.7. The molecule has 5 nitrogen and oxygen atoms in total. The summed E-state index contributed by atoms with van der Waals surface area (Å²) in [6, 6.07) is 16.1. The molecule has 0 amide bonds. The molecule has 0 bridgehead atoms. The Kier molecular flexibility index (Phi) is 5.76. The lowest BCUT2D eigenvalue weighted by Gasteiger charge is -2.30. The quantitative estimate of drug-likeness (QED) is 0.328. The van der Waals surface area contributed by atoms with Crippen molar-refractivity contribution < 1.29 is 27.1 Å². The van der Waals surface area contributed by atoms with E-state index in [0.29, 0.717) is 41.3 Å². The van der Waals surface area contributed by atoms with E-state index in [2.05, 4.69) is 0 Å². The van der Waals surface area contributed by atoms with Gasteiger partial charge in [0.25, 0.3) is 0 Å². The molecule has 1 aliphatic rings. The second-order valence-electron chi connectivity index (χ2n) is 8.53. The lowest BCUT2D eigenvalue weighted by molar-refractivity contribution is -0.137. The van der Waals surface area contributed by atoms with Crippen molar-refractivity contribution in [3.05, 3.63) is 93.3 Å². The highest BCUT2D eigenvalue weighted by molar-refractivity contribution is 5.96. The molecular formula is C27H22F3NO4. The van der Waals surface area contributed by atoms with Gasteiger partial charge >= 0.3 is 11.8 Å². The van der Waals surface area contributed by atoms with E-state index in [1.54, 1.807) is 13.2 Å². The molecule has 3 aromatic carbocycles. The second kappa shape index (κ2) is 8.78. The second-order valence-corrected chi connectivity index (χ2v) is 8.53. The minimum absolute atomic E-state index is 0.206. The molecule has 0 N–H and O–H groups in total. The first-order valence-corrected chi connectivity index (χ1v) is 11.0. The van der Waals surface area contributed by atoms with E-state index in [-0.39, 0.29) is 6.73 Å². The lowest BCUT2D eigenvalue weighted by Crippen LogP contribution is -2.32. The average molecular weight is 481 g/mol. The summed E-state index contributed by atoms with van der Waals surface area (Å²) < 4.78 is 56.1. The Morgan fingerprint density at radius 2 is 1.83 bits per heavy atom. The molecular weight excluding hydrogens is 459 g/mol.